The van der Waals surface area contributed by atoms with Gasteiger partial charge in [0.2, 0.25) is 0 Å². The van der Waals surface area contributed by atoms with Gasteiger partial charge in [-0.1, -0.05) is 24.5 Å². The number of carbonyl (C=O) groups excluding carboxylic acids is 1. The average molecular weight is 316 g/mol. The van der Waals surface area contributed by atoms with Gasteiger partial charge in [0.05, 0.1) is 11.0 Å². The van der Waals surface area contributed by atoms with Crippen molar-refractivity contribution in [3.63, 3.8) is 0 Å². The maximum absolute atomic E-state index is 12.9. The summed E-state index contributed by atoms with van der Waals surface area (Å²) in [5.74, 6) is -0.363. The molecule has 5 nitrogen and oxygen atoms in total. The molecule has 2 bridgehead atoms. The van der Waals surface area contributed by atoms with Gasteiger partial charge in [0, 0.05) is 30.6 Å². The molecule has 1 aromatic carbocycles. The van der Waals surface area contributed by atoms with Crippen molar-refractivity contribution < 1.29 is 10.3 Å². The van der Waals surface area contributed by atoms with Crippen molar-refractivity contribution in [2.24, 2.45) is 7.05 Å². The van der Waals surface area contributed by atoms with Gasteiger partial charge in [-0.05, 0) is 38.8 Å². The Morgan fingerprint density at radius 2 is 1.96 bits per heavy atom. The zero-order valence-electron chi connectivity index (χ0n) is 17.5. The minimum absolute atomic E-state index is 0.0663. The van der Waals surface area contributed by atoms with Crippen molar-refractivity contribution >= 4 is 16.8 Å². The number of aromatic nitrogens is 2. The summed E-state index contributed by atoms with van der Waals surface area (Å²) in [5, 5.41) is 7.50. The minimum Gasteiger partial charge on any atom is -0.348 e. The molecule has 0 saturated carbocycles. The van der Waals surface area contributed by atoms with E-state index in [4.69, 9.17) is 5.48 Å². The van der Waals surface area contributed by atoms with Gasteiger partial charge in [0.15, 0.2) is 5.69 Å². The number of aryl methyl sites for hydroxylation is 1. The fraction of sp³-hybridized carbons (Fsp3) is 0.556. The lowest BCUT2D eigenvalue weighted by molar-refractivity contribution is 0.0462. The lowest BCUT2D eigenvalue weighted by Gasteiger charge is -2.47. The van der Waals surface area contributed by atoms with Crippen LogP contribution in [0.5, 0.6) is 0 Å². The van der Waals surface area contributed by atoms with E-state index in [1.54, 1.807) is 7.05 Å². The maximum atomic E-state index is 12.9. The van der Waals surface area contributed by atoms with Crippen LogP contribution in [0.2, 0.25) is 0 Å². The third-order valence-electron chi connectivity index (χ3n) is 5.37. The van der Waals surface area contributed by atoms with Crippen LogP contribution in [0.3, 0.4) is 0 Å². The molecule has 5 heteroatoms. The van der Waals surface area contributed by atoms with Gasteiger partial charge in [0.25, 0.3) is 5.91 Å². The van der Waals surface area contributed by atoms with E-state index < -0.39 is 0 Å². The molecule has 2 unspecified atom stereocenters. The number of amides is 1. The zero-order chi connectivity index (χ0) is 19.5. The normalized spacial score (nSPS) is 30.4. The van der Waals surface area contributed by atoms with E-state index in [-0.39, 0.29) is 52.7 Å². The van der Waals surface area contributed by atoms with E-state index in [9.17, 15) is 4.79 Å². The Morgan fingerprint density at radius 3 is 2.70 bits per heavy atom. The first-order chi connectivity index (χ1) is 12.8. The van der Waals surface area contributed by atoms with Crippen LogP contribution >= 0.6 is 0 Å². The molecule has 0 spiro atoms. The molecule has 2 aromatic rings. The Balaban J connectivity index is 1.66. The topological polar surface area (TPSA) is 50.2 Å². The highest BCUT2D eigenvalue weighted by Crippen LogP contribution is 2.32. The van der Waals surface area contributed by atoms with Crippen molar-refractivity contribution in [3.8, 4) is 0 Å². The summed E-state index contributed by atoms with van der Waals surface area (Å²) in [5.41, 5.74) is 0.329. The van der Waals surface area contributed by atoms with E-state index >= 15 is 0 Å². The second kappa shape index (κ2) is 5.64. The van der Waals surface area contributed by atoms with E-state index in [0.717, 1.165) is 25.7 Å². The van der Waals surface area contributed by atoms with Crippen LogP contribution in [-0.2, 0) is 7.05 Å². The highest BCUT2D eigenvalue weighted by molar-refractivity contribution is 6.04. The lowest BCUT2D eigenvalue weighted by atomic mass is 9.82. The quantitative estimate of drug-likeness (QED) is 0.925. The molecule has 2 aliphatic heterocycles. The summed E-state index contributed by atoms with van der Waals surface area (Å²) in [6, 6.07) is -0.00914. The number of carbonyl (C=O) groups is 1. The Kier molecular flexibility index (Phi) is 2.65. The summed E-state index contributed by atoms with van der Waals surface area (Å²) in [7, 11) is 3.76. The molecule has 1 aromatic heterocycles. The molecule has 2 atom stereocenters. The Hall–Kier alpha value is -1.88. The van der Waals surface area contributed by atoms with E-state index in [2.05, 4.69) is 22.4 Å². The summed E-state index contributed by atoms with van der Waals surface area (Å²) in [6.07, 6.45) is 5.35. The van der Waals surface area contributed by atoms with Gasteiger partial charge < -0.3 is 10.2 Å². The predicted octanol–water partition coefficient (Wildman–Crippen LogP) is 2.32. The van der Waals surface area contributed by atoms with Crippen molar-refractivity contribution in [3.05, 3.63) is 29.9 Å². The monoisotopic (exact) mass is 316 g/mol. The molecule has 4 rings (SSSR count). The van der Waals surface area contributed by atoms with Crippen LogP contribution < -0.4 is 5.32 Å². The molecule has 2 saturated heterocycles. The van der Waals surface area contributed by atoms with Crippen LogP contribution in [0.25, 0.3) is 10.9 Å². The Bertz CT molecular complexity index is 914. The summed E-state index contributed by atoms with van der Waals surface area (Å²) in [6.45, 7) is 0. The largest absolute Gasteiger partial charge is 0.348 e. The summed E-state index contributed by atoms with van der Waals surface area (Å²) >= 11 is 0. The highest BCUT2D eigenvalue weighted by Gasteiger charge is 2.36. The SMILES string of the molecule is [2H]c1c([2H])c([2H])c2c(c(C(=O)NC3CC4CCCC(C3)N4C)nn2C)c1[2H]. The van der Waals surface area contributed by atoms with Crippen LogP contribution in [-0.4, -0.2) is 45.8 Å². The fourth-order valence-electron chi connectivity index (χ4n) is 4.12. The smallest absolute Gasteiger partial charge is 0.272 e. The molecule has 3 heterocycles. The Morgan fingerprint density at radius 1 is 1.26 bits per heavy atom. The highest BCUT2D eigenvalue weighted by atomic mass is 16.2. The third kappa shape index (κ3) is 2.53. The van der Waals surface area contributed by atoms with Gasteiger partial charge >= 0.3 is 0 Å². The van der Waals surface area contributed by atoms with E-state index in [1.807, 2.05) is 0 Å². The number of piperidine rings is 2. The van der Waals surface area contributed by atoms with Crippen molar-refractivity contribution in [2.45, 2.75) is 50.2 Å². The number of nitrogens with one attached hydrogen (secondary N) is 1. The molecule has 1 amide bonds. The second-order valence-electron chi connectivity index (χ2n) is 6.74. The number of hydrogen-bond donors (Lipinski definition) is 1. The van der Waals surface area contributed by atoms with Crippen molar-refractivity contribution in [1.29, 1.82) is 0 Å². The first-order valence-corrected chi connectivity index (χ1v) is 8.25. The van der Waals surface area contributed by atoms with Crippen LogP contribution in [0.1, 0.15) is 48.1 Å². The molecule has 2 aliphatic rings. The molecule has 2 fully saturated rings. The van der Waals surface area contributed by atoms with Gasteiger partial charge in [-0.3, -0.25) is 9.48 Å². The van der Waals surface area contributed by atoms with E-state index in [1.165, 1.54) is 11.1 Å². The Labute approximate surface area is 142 Å². The molecule has 0 aliphatic carbocycles. The van der Waals surface area contributed by atoms with Gasteiger partial charge in [0.1, 0.15) is 0 Å². The molecule has 0 radical (unpaired) electrons. The van der Waals surface area contributed by atoms with Crippen LogP contribution in [0.15, 0.2) is 24.2 Å². The standard InChI is InChI=1S/C18H24N4O/c1-21-13-6-5-7-14(21)11-12(10-13)19-18(23)17-15-8-3-4-9-16(15)22(2)20-17/h3-4,8-9,12-14H,5-7,10-11H2,1-2H3,(H,19,23)/i3D,4D,8D,9D. The second-order valence-corrected chi connectivity index (χ2v) is 6.74. The van der Waals surface area contributed by atoms with E-state index in [0.29, 0.717) is 12.1 Å². The molecular formula is C18H24N4O. The number of benzene rings is 1. The van der Waals surface area contributed by atoms with Crippen LogP contribution in [0.4, 0.5) is 0 Å². The summed E-state index contributed by atoms with van der Waals surface area (Å²) in [4.78, 5) is 15.4. The fourth-order valence-corrected chi connectivity index (χ4v) is 4.12. The zero-order valence-corrected chi connectivity index (χ0v) is 13.5. The summed E-state index contributed by atoms with van der Waals surface area (Å²) < 4.78 is 33.4. The molecular weight excluding hydrogens is 288 g/mol. The number of nitrogens with zero attached hydrogens (tertiary/aromatic N) is 3. The number of fused-ring (bicyclic) bond motifs is 3. The average Bonchev–Trinajstić information content (AvgIpc) is 2.96. The number of hydrogen-bond acceptors (Lipinski definition) is 3. The van der Waals surface area contributed by atoms with Gasteiger partial charge in [-0.2, -0.15) is 5.10 Å². The predicted molar refractivity (Wildman–Crippen MR) is 90.4 cm³/mol. The van der Waals surface area contributed by atoms with Crippen LogP contribution in [0, 0.1) is 0 Å². The number of para-hydroxylation sites is 1. The van der Waals surface area contributed by atoms with Crippen molar-refractivity contribution in [2.75, 3.05) is 7.05 Å². The molecule has 122 valence electrons. The maximum Gasteiger partial charge on any atom is 0.272 e. The van der Waals surface area contributed by atoms with Gasteiger partial charge in [-0.25, -0.2) is 0 Å². The number of rotatable bonds is 2. The first-order valence-electron chi connectivity index (χ1n) is 10.3. The minimum atomic E-state index is -0.363. The van der Waals surface area contributed by atoms with Gasteiger partial charge in [-0.15, -0.1) is 0 Å². The molecule has 23 heavy (non-hydrogen) atoms. The third-order valence-corrected chi connectivity index (χ3v) is 5.37. The van der Waals surface area contributed by atoms with Crippen molar-refractivity contribution in [1.82, 2.24) is 20.0 Å². The lowest BCUT2D eigenvalue weighted by Crippen LogP contribution is -2.55. The molecule has 1 N–H and O–H groups in total. The first kappa shape index (κ1) is 10.8.